The molecule has 0 radical (unpaired) electrons. The summed E-state index contributed by atoms with van der Waals surface area (Å²) in [4.78, 5) is 13.8. The van der Waals surface area contributed by atoms with E-state index in [1.165, 1.54) is 6.08 Å². The number of hydrogen-bond acceptors (Lipinski definition) is 7. The van der Waals surface area contributed by atoms with Gasteiger partial charge in [0.25, 0.3) is 0 Å². The number of nitrogens with one attached hydrogen (secondary N) is 1. The summed E-state index contributed by atoms with van der Waals surface area (Å²) in [5, 5.41) is 15.2. The van der Waals surface area contributed by atoms with E-state index in [1.807, 2.05) is 37.3 Å². The number of benzene rings is 2. The fourth-order valence-corrected chi connectivity index (χ4v) is 6.30. The van der Waals surface area contributed by atoms with Gasteiger partial charge in [-0.2, -0.15) is 9.97 Å². The lowest BCUT2D eigenvalue weighted by Gasteiger charge is -2.34. The molecule has 0 spiro atoms. The van der Waals surface area contributed by atoms with Gasteiger partial charge in [0.05, 0.1) is 11.6 Å². The minimum Gasteiger partial charge on any atom is -0.508 e. The number of aromatic nitrogens is 2. The first-order valence-corrected chi connectivity index (χ1v) is 15.4. The molecule has 2 aromatic carbocycles. The standard InChI is InChI=1S/C34H41ClFN5O2/c1-5-6-14-40(4)15-9-16-43-34-38-32-28(33(39-34)41-20-25-12-13-26(21-41)37-25)19-29(35)30(31(32)36)23(3)17-27(42)18-24-11-8-7-10-22(24)2/h5,7-8,10-11,17-19,25-26,37,42H,1,6,9,12-16,20-21H2,2-4H3/b23-17+,27-18+. The van der Waals surface area contributed by atoms with Crippen molar-refractivity contribution in [2.75, 3.05) is 44.7 Å². The van der Waals surface area contributed by atoms with Crippen molar-refractivity contribution < 1.29 is 14.2 Å². The lowest BCUT2D eigenvalue weighted by atomic mass is 10.0. The topological polar surface area (TPSA) is 73.8 Å². The van der Waals surface area contributed by atoms with Crippen molar-refractivity contribution in [1.29, 1.82) is 0 Å². The molecule has 43 heavy (non-hydrogen) atoms. The molecule has 0 amide bonds. The van der Waals surface area contributed by atoms with Gasteiger partial charge in [-0.25, -0.2) is 4.39 Å². The highest BCUT2D eigenvalue weighted by atomic mass is 35.5. The molecular formula is C34H41ClFN5O2. The number of fused-ring (bicyclic) bond motifs is 3. The van der Waals surface area contributed by atoms with Gasteiger partial charge >= 0.3 is 6.01 Å². The maximum absolute atomic E-state index is 16.4. The molecule has 2 saturated heterocycles. The predicted molar refractivity (Wildman–Crippen MR) is 175 cm³/mol. The Morgan fingerprint density at radius 3 is 2.70 bits per heavy atom. The van der Waals surface area contributed by atoms with Crippen molar-refractivity contribution in [3.63, 3.8) is 0 Å². The summed E-state index contributed by atoms with van der Waals surface area (Å²) in [6.07, 6.45) is 9.02. The van der Waals surface area contributed by atoms with Crippen LogP contribution in [0.15, 0.2) is 54.8 Å². The largest absolute Gasteiger partial charge is 0.508 e. The number of aliphatic hydroxyl groups excluding tert-OH is 1. The summed E-state index contributed by atoms with van der Waals surface area (Å²) in [7, 11) is 2.07. The molecule has 2 aliphatic rings. The smallest absolute Gasteiger partial charge is 0.319 e. The van der Waals surface area contributed by atoms with Crippen LogP contribution in [-0.4, -0.2) is 71.9 Å². The third kappa shape index (κ3) is 7.37. The van der Waals surface area contributed by atoms with Crippen LogP contribution in [0.5, 0.6) is 6.01 Å². The lowest BCUT2D eigenvalue weighted by molar-refractivity contribution is 0.251. The fraction of sp³-hybridized carbons (Fsp3) is 0.412. The summed E-state index contributed by atoms with van der Waals surface area (Å²) in [6, 6.07) is 10.4. The number of nitrogens with zero attached hydrogens (tertiary/aromatic N) is 4. The van der Waals surface area contributed by atoms with E-state index in [1.54, 1.807) is 19.1 Å². The van der Waals surface area contributed by atoms with Crippen LogP contribution in [-0.2, 0) is 0 Å². The highest BCUT2D eigenvalue weighted by Gasteiger charge is 2.34. The molecule has 2 unspecified atom stereocenters. The van der Waals surface area contributed by atoms with E-state index in [0.717, 1.165) is 63.0 Å². The SMILES string of the molecule is C=CCCN(C)CCCOc1nc(N2CC3CCC(C2)N3)c2cc(Cl)c(/C(C)=C/C(O)=C\c3ccccc3C)c(F)c2n1. The van der Waals surface area contributed by atoms with Gasteiger partial charge in [0, 0.05) is 49.2 Å². The number of anilines is 1. The summed E-state index contributed by atoms with van der Waals surface area (Å²) in [6.45, 7) is 11.2. The second-order valence-electron chi connectivity index (χ2n) is 11.7. The Balaban J connectivity index is 1.48. The van der Waals surface area contributed by atoms with Gasteiger partial charge in [0.1, 0.15) is 17.1 Å². The molecule has 3 aromatic rings. The minimum atomic E-state index is -0.560. The molecule has 0 aliphatic carbocycles. The van der Waals surface area contributed by atoms with E-state index in [4.69, 9.17) is 21.3 Å². The molecule has 5 rings (SSSR count). The van der Waals surface area contributed by atoms with Gasteiger partial charge in [0.2, 0.25) is 0 Å². The number of piperazine rings is 1. The molecule has 2 aliphatic heterocycles. The van der Waals surface area contributed by atoms with Gasteiger partial charge in [-0.1, -0.05) is 41.9 Å². The fourth-order valence-electron chi connectivity index (χ4n) is 5.96. The van der Waals surface area contributed by atoms with Crippen LogP contribution in [0.4, 0.5) is 10.2 Å². The maximum Gasteiger partial charge on any atom is 0.319 e. The summed E-state index contributed by atoms with van der Waals surface area (Å²) >= 11 is 6.75. The summed E-state index contributed by atoms with van der Waals surface area (Å²) < 4.78 is 22.4. The van der Waals surface area contributed by atoms with Gasteiger partial charge in [-0.3, -0.25) is 0 Å². The van der Waals surface area contributed by atoms with E-state index in [-0.39, 0.29) is 27.9 Å². The van der Waals surface area contributed by atoms with E-state index >= 15 is 4.39 Å². The highest BCUT2D eigenvalue weighted by molar-refractivity contribution is 6.33. The molecule has 2 atom stereocenters. The normalized spacial score (nSPS) is 19.0. The lowest BCUT2D eigenvalue weighted by Crippen LogP contribution is -2.51. The van der Waals surface area contributed by atoms with E-state index < -0.39 is 5.82 Å². The molecule has 2 fully saturated rings. The first-order valence-electron chi connectivity index (χ1n) is 15.0. The summed E-state index contributed by atoms with van der Waals surface area (Å²) in [5.41, 5.74) is 2.74. The molecule has 9 heteroatoms. The average Bonchev–Trinajstić information content (AvgIpc) is 3.32. The molecule has 1 aromatic heterocycles. The number of aliphatic hydroxyl groups is 1. The van der Waals surface area contributed by atoms with E-state index in [2.05, 4.69) is 33.7 Å². The third-order valence-electron chi connectivity index (χ3n) is 8.24. The van der Waals surface area contributed by atoms with Crippen molar-refractivity contribution >= 4 is 40.0 Å². The average molecular weight is 606 g/mol. The molecule has 2 N–H and O–H groups in total. The Labute approximate surface area is 258 Å². The zero-order valence-electron chi connectivity index (χ0n) is 25.2. The second kappa shape index (κ2) is 13.9. The van der Waals surface area contributed by atoms with Crippen LogP contribution >= 0.6 is 11.6 Å². The number of hydrogen-bond donors (Lipinski definition) is 2. The number of rotatable bonds is 12. The van der Waals surface area contributed by atoms with Gasteiger partial charge in [-0.05, 0) is 81.5 Å². The zero-order chi connectivity index (χ0) is 30.5. The van der Waals surface area contributed by atoms with E-state index in [0.29, 0.717) is 35.5 Å². The molecule has 228 valence electrons. The third-order valence-corrected chi connectivity index (χ3v) is 8.54. The van der Waals surface area contributed by atoms with Crippen LogP contribution in [0.2, 0.25) is 5.02 Å². The van der Waals surface area contributed by atoms with Gasteiger partial charge < -0.3 is 25.0 Å². The Kier molecular flexibility index (Phi) is 10.0. The first kappa shape index (κ1) is 31.0. The molecular weight excluding hydrogens is 565 g/mol. The predicted octanol–water partition coefficient (Wildman–Crippen LogP) is 6.95. The van der Waals surface area contributed by atoms with Crippen LogP contribution in [0, 0.1) is 12.7 Å². The quantitative estimate of drug-likeness (QED) is 0.100. The number of aryl methyl sites for hydroxylation is 1. The van der Waals surface area contributed by atoms with Crippen LogP contribution in [0.3, 0.4) is 0 Å². The van der Waals surface area contributed by atoms with Crippen LogP contribution < -0.4 is 15.0 Å². The van der Waals surface area contributed by atoms with E-state index in [9.17, 15) is 5.11 Å². The molecule has 7 nitrogen and oxygen atoms in total. The Morgan fingerprint density at radius 2 is 1.98 bits per heavy atom. The van der Waals surface area contributed by atoms with Crippen molar-refractivity contribution in [2.45, 2.75) is 51.6 Å². The number of halogens is 2. The number of allylic oxidation sites excluding steroid dienone is 2. The maximum atomic E-state index is 16.4. The van der Waals surface area contributed by atoms with Crippen molar-refractivity contribution in [3.8, 4) is 6.01 Å². The van der Waals surface area contributed by atoms with Gasteiger partial charge in [0.15, 0.2) is 5.82 Å². The van der Waals surface area contributed by atoms with Crippen molar-refractivity contribution in [2.24, 2.45) is 0 Å². The molecule has 2 bridgehead atoms. The molecule has 0 saturated carbocycles. The zero-order valence-corrected chi connectivity index (χ0v) is 26.0. The van der Waals surface area contributed by atoms with Crippen molar-refractivity contribution in [3.05, 3.63) is 82.4 Å². The highest BCUT2D eigenvalue weighted by Crippen LogP contribution is 2.38. The Morgan fingerprint density at radius 1 is 1.23 bits per heavy atom. The Bertz CT molecular complexity index is 1530. The monoisotopic (exact) mass is 605 g/mol. The molecule has 3 heterocycles. The van der Waals surface area contributed by atoms with Crippen molar-refractivity contribution in [1.82, 2.24) is 20.2 Å². The van der Waals surface area contributed by atoms with Gasteiger partial charge in [-0.15, -0.1) is 6.58 Å². The number of ether oxygens (including phenoxy) is 1. The van der Waals surface area contributed by atoms with Crippen LogP contribution in [0.25, 0.3) is 22.6 Å². The van der Waals surface area contributed by atoms with Crippen LogP contribution in [0.1, 0.15) is 49.3 Å². The second-order valence-corrected chi connectivity index (χ2v) is 12.1. The Hall–Kier alpha value is -3.46. The minimum absolute atomic E-state index is 0.00381. The first-order chi connectivity index (χ1) is 20.7. The summed E-state index contributed by atoms with van der Waals surface area (Å²) in [5.74, 6) is 0.0811.